The van der Waals surface area contributed by atoms with Gasteiger partial charge in [-0.2, -0.15) is 5.26 Å². The second-order valence-corrected chi connectivity index (χ2v) is 6.25. The standard InChI is InChI=1S/C22H17N3O4/c1-27-19-13-8-9-29-20(13)21(28-2)18(26)17(19)16-10-14(12-6-4-3-5-7-12)15(11-23)22(24)25-16/h3-10,26H,1-2H3,(H2,24,25). The summed E-state index contributed by atoms with van der Waals surface area (Å²) in [7, 11) is 2.92. The summed E-state index contributed by atoms with van der Waals surface area (Å²) < 4.78 is 16.4. The number of fused-ring (bicyclic) bond motifs is 1. The maximum absolute atomic E-state index is 10.9. The lowest BCUT2D eigenvalue weighted by atomic mass is 9.97. The zero-order valence-corrected chi connectivity index (χ0v) is 15.8. The van der Waals surface area contributed by atoms with Crippen molar-refractivity contribution < 1.29 is 19.0 Å². The first-order valence-corrected chi connectivity index (χ1v) is 8.71. The fourth-order valence-corrected chi connectivity index (χ4v) is 3.42. The lowest BCUT2D eigenvalue weighted by molar-refractivity contribution is 0.367. The molecule has 0 aliphatic rings. The fraction of sp³-hybridized carbons (Fsp3) is 0.0909. The third-order valence-electron chi connectivity index (χ3n) is 4.70. The minimum atomic E-state index is -0.192. The molecule has 7 nitrogen and oxygen atoms in total. The molecule has 2 heterocycles. The van der Waals surface area contributed by atoms with Crippen molar-refractivity contribution in [1.29, 1.82) is 5.26 Å². The van der Waals surface area contributed by atoms with E-state index in [1.807, 2.05) is 30.3 Å². The smallest absolute Gasteiger partial charge is 0.205 e. The van der Waals surface area contributed by atoms with E-state index in [1.54, 1.807) is 12.1 Å². The van der Waals surface area contributed by atoms with Crippen molar-refractivity contribution in [2.45, 2.75) is 0 Å². The third-order valence-corrected chi connectivity index (χ3v) is 4.70. The number of hydrogen-bond donors (Lipinski definition) is 2. The van der Waals surface area contributed by atoms with Crippen LogP contribution in [0.2, 0.25) is 0 Å². The van der Waals surface area contributed by atoms with Crippen molar-refractivity contribution in [3.63, 3.8) is 0 Å². The van der Waals surface area contributed by atoms with Crippen LogP contribution in [0.5, 0.6) is 17.2 Å². The quantitative estimate of drug-likeness (QED) is 0.535. The molecule has 0 radical (unpaired) electrons. The zero-order valence-electron chi connectivity index (χ0n) is 15.8. The van der Waals surface area contributed by atoms with E-state index >= 15 is 0 Å². The number of nitrogen functional groups attached to an aromatic ring is 1. The first-order valence-electron chi connectivity index (χ1n) is 8.71. The van der Waals surface area contributed by atoms with E-state index in [-0.39, 0.29) is 22.9 Å². The predicted octanol–water partition coefficient (Wildman–Crippen LogP) is 4.34. The van der Waals surface area contributed by atoms with E-state index < -0.39 is 0 Å². The van der Waals surface area contributed by atoms with Gasteiger partial charge in [0.05, 0.1) is 37.1 Å². The van der Waals surface area contributed by atoms with Gasteiger partial charge in [-0.05, 0) is 17.7 Å². The summed E-state index contributed by atoms with van der Waals surface area (Å²) in [5.41, 5.74) is 8.76. The number of aromatic nitrogens is 1. The van der Waals surface area contributed by atoms with Gasteiger partial charge in [0.1, 0.15) is 23.2 Å². The summed E-state index contributed by atoms with van der Waals surface area (Å²) >= 11 is 0. The number of ether oxygens (including phenoxy) is 2. The molecule has 144 valence electrons. The molecule has 4 rings (SSSR count). The average molecular weight is 387 g/mol. The lowest BCUT2D eigenvalue weighted by Crippen LogP contribution is -2.01. The van der Waals surface area contributed by atoms with Crippen LogP contribution in [-0.4, -0.2) is 24.3 Å². The molecule has 2 aromatic heterocycles. The van der Waals surface area contributed by atoms with Crippen molar-refractivity contribution >= 4 is 16.8 Å². The van der Waals surface area contributed by atoms with Gasteiger partial charge in [-0.15, -0.1) is 0 Å². The Labute approximate surface area is 166 Å². The Bertz CT molecular complexity index is 1260. The van der Waals surface area contributed by atoms with Gasteiger partial charge in [-0.1, -0.05) is 30.3 Å². The number of nitriles is 1. The molecule has 3 N–H and O–H groups in total. The largest absolute Gasteiger partial charge is 0.504 e. The Hall–Kier alpha value is -4.18. The topological polar surface area (TPSA) is 115 Å². The molecule has 0 unspecified atom stereocenters. The number of furan rings is 1. The second kappa shape index (κ2) is 7.09. The molecule has 0 aliphatic heterocycles. The van der Waals surface area contributed by atoms with Crippen LogP contribution in [0.1, 0.15) is 5.56 Å². The summed E-state index contributed by atoms with van der Waals surface area (Å²) in [6.07, 6.45) is 1.48. The van der Waals surface area contributed by atoms with Crippen LogP contribution >= 0.6 is 0 Å². The molecule has 0 bridgehead atoms. The van der Waals surface area contributed by atoms with Crippen LogP contribution in [0.15, 0.2) is 53.1 Å². The minimum absolute atomic E-state index is 0.0524. The van der Waals surface area contributed by atoms with Gasteiger partial charge in [0.25, 0.3) is 0 Å². The van der Waals surface area contributed by atoms with Gasteiger partial charge in [-0.25, -0.2) is 4.98 Å². The number of aromatic hydroxyl groups is 1. The number of phenols is 1. The Morgan fingerprint density at radius 2 is 1.83 bits per heavy atom. The second-order valence-electron chi connectivity index (χ2n) is 6.25. The number of nitrogens with zero attached hydrogens (tertiary/aromatic N) is 2. The molecule has 0 saturated heterocycles. The molecule has 7 heteroatoms. The number of pyridine rings is 1. The zero-order chi connectivity index (χ0) is 20.5. The fourth-order valence-electron chi connectivity index (χ4n) is 3.42. The van der Waals surface area contributed by atoms with Crippen LogP contribution in [0.25, 0.3) is 33.4 Å². The molecule has 4 aromatic rings. The van der Waals surface area contributed by atoms with E-state index in [2.05, 4.69) is 11.1 Å². The van der Waals surface area contributed by atoms with Crippen LogP contribution in [0, 0.1) is 11.3 Å². The van der Waals surface area contributed by atoms with E-state index in [4.69, 9.17) is 19.6 Å². The molecule has 0 saturated carbocycles. The number of nitrogens with two attached hydrogens (primary N) is 1. The average Bonchev–Trinajstić information content (AvgIpc) is 3.22. The first kappa shape index (κ1) is 18.2. The monoisotopic (exact) mass is 387 g/mol. The Morgan fingerprint density at radius 1 is 1.10 bits per heavy atom. The van der Waals surface area contributed by atoms with Crippen LogP contribution in [0.4, 0.5) is 5.82 Å². The van der Waals surface area contributed by atoms with E-state index in [1.165, 1.54) is 20.5 Å². The lowest BCUT2D eigenvalue weighted by Gasteiger charge is -2.16. The van der Waals surface area contributed by atoms with Crippen molar-refractivity contribution in [1.82, 2.24) is 4.98 Å². The van der Waals surface area contributed by atoms with Crippen LogP contribution < -0.4 is 15.2 Å². The Kier molecular flexibility index (Phi) is 4.45. The van der Waals surface area contributed by atoms with E-state index in [0.717, 1.165) is 5.56 Å². The normalized spacial score (nSPS) is 10.7. The summed E-state index contributed by atoms with van der Waals surface area (Å²) in [5, 5.41) is 21.1. The number of rotatable bonds is 4. The van der Waals surface area contributed by atoms with Gasteiger partial charge in [0.15, 0.2) is 11.3 Å². The number of benzene rings is 2. The number of anilines is 1. The Morgan fingerprint density at radius 3 is 2.48 bits per heavy atom. The maximum atomic E-state index is 10.9. The Balaban J connectivity index is 2.09. The molecule has 0 amide bonds. The first-order chi connectivity index (χ1) is 14.1. The molecule has 0 atom stereocenters. The summed E-state index contributed by atoms with van der Waals surface area (Å²) in [5.74, 6) is 0.383. The van der Waals surface area contributed by atoms with Crippen molar-refractivity contribution in [2.24, 2.45) is 0 Å². The van der Waals surface area contributed by atoms with E-state index in [0.29, 0.717) is 33.5 Å². The summed E-state index contributed by atoms with van der Waals surface area (Å²) in [6, 6.07) is 14.9. The van der Waals surface area contributed by atoms with Gasteiger partial charge in [-0.3, -0.25) is 0 Å². The van der Waals surface area contributed by atoms with Crippen molar-refractivity contribution in [2.75, 3.05) is 20.0 Å². The highest BCUT2D eigenvalue weighted by atomic mass is 16.5. The van der Waals surface area contributed by atoms with Gasteiger partial charge >= 0.3 is 0 Å². The highest BCUT2D eigenvalue weighted by molar-refractivity contribution is 6.00. The molecular formula is C22H17N3O4. The molecule has 0 fully saturated rings. The molecule has 29 heavy (non-hydrogen) atoms. The third kappa shape index (κ3) is 2.78. The van der Waals surface area contributed by atoms with Gasteiger partial charge < -0.3 is 24.7 Å². The van der Waals surface area contributed by atoms with Gasteiger partial charge in [0.2, 0.25) is 5.75 Å². The number of hydrogen-bond acceptors (Lipinski definition) is 7. The van der Waals surface area contributed by atoms with Crippen LogP contribution in [0.3, 0.4) is 0 Å². The van der Waals surface area contributed by atoms with E-state index in [9.17, 15) is 10.4 Å². The molecule has 0 spiro atoms. The van der Waals surface area contributed by atoms with Crippen molar-refractivity contribution in [3.8, 4) is 45.7 Å². The molecule has 2 aromatic carbocycles. The highest BCUT2D eigenvalue weighted by Crippen LogP contribution is 2.50. The summed E-state index contributed by atoms with van der Waals surface area (Å²) in [6.45, 7) is 0. The SMILES string of the molecule is COc1c(-c2cc(-c3ccccc3)c(C#N)c(N)n2)c(O)c(OC)c2occc12. The minimum Gasteiger partial charge on any atom is -0.504 e. The highest BCUT2D eigenvalue weighted by Gasteiger charge is 2.26. The van der Waals surface area contributed by atoms with Crippen molar-refractivity contribution in [3.05, 3.63) is 54.3 Å². The summed E-state index contributed by atoms with van der Waals surface area (Å²) in [4.78, 5) is 4.37. The maximum Gasteiger partial charge on any atom is 0.205 e. The van der Waals surface area contributed by atoms with Gasteiger partial charge in [0, 0.05) is 5.56 Å². The number of phenolic OH excluding ortho intramolecular Hbond substituents is 1. The predicted molar refractivity (Wildman–Crippen MR) is 109 cm³/mol. The number of methoxy groups -OCH3 is 2. The van der Waals surface area contributed by atoms with Crippen LogP contribution in [-0.2, 0) is 0 Å². The molecular weight excluding hydrogens is 370 g/mol. The molecule has 0 aliphatic carbocycles.